The molecule has 5 nitrogen and oxygen atoms in total. The normalized spacial score (nSPS) is 10.7. The van der Waals surface area contributed by atoms with Gasteiger partial charge in [0.05, 0.1) is 10.9 Å². The van der Waals surface area contributed by atoms with Crippen LogP contribution in [0, 0.1) is 12.3 Å². The molecular formula is C9H10N2O3S. The Morgan fingerprint density at radius 2 is 2.00 bits per heavy atom. The molecule has 1 aromatic rings. The molecule has 0 atom stereocenters. The van der Waals surface area contributed by atoms with Crippen molar-refractivity contribution in [2.75, 3.05) is 6.73 Å². The predicted octanol–water partition coefficient (Wildman–Crippen LogP) is 1.41. The zero-order valence-corrected chi connectivity index (χ0v) is 8.91. The quantitative estimate of drug-likeness (QED) is 0.622. The van der Waals surface area contributed by atoms with Crippen molar-refractivity contribution in [3.63, 3.8) is 0 Å². The molecule has 0 aliphatic carbocycles. The van der Waals surface area contributed by atoms with Gasteiger partial charge in [-0.3, -0.25) is 0 Å². The third kappa shape index (κ3) is 3.28. The number of aryl methyl sites for hydroxylation is 1. The Bertz CT molecular complexity index is 473. The molecule has 1 N–H and O–H groups in total. The molecule has 0 aliphatic heterocycles. The van der Waals surface area contributed by atoms with Gasteiger partial charge in [-0.15, -0.1) is 0 Å². The lowest BCUT2D eigenvalue weighted by Gasteiger charge is -2.02. The van der Waals surface area contributed by atoms with Crippen LogP contribution >= 0.6 is 0 Å². The Hall–Kier alpha value is -1.49. The third-order valence-corrected chi connectivity index (χ3v) is 2.93. The van der Waals surface area contributed by atoms with E-state index in [0.29, 0.717) is 0 Å². The molecule has 0 amide bonds. The van der Waals surface area contributed by atoms with Gasteiger partial charge in [-0.1, -0.05) is 17.7 Å². The topological polar surface area (TPSA) is 79.6 Å². The summed E-state index contributed by atoms with van der Waals surface area (Å²) in [4.78, 5) is 3.29. The third-order valence-electron chi connectivity index (χ3n) is 1.66. The van der Waals surface area contributed by atoms with Crippen LogP contribution in [0.3, 0.4) is 0 Å². The molecule has 1 aromatic carbocycles. The van der Waals surface area contributed by atoms with E-state index in [4.69, 9.17) is 5.41 Å². The second kappa shape index (κ2) is 4.84. The number of hydrogen-bond acceptors (Lipinski definition) is 5. The van der Waals surface area contributed by atoms with Crippen LogP contribution in [-0.2, 0) is 14.3 Å². The maximum atomic E-state index is 11.4. The van der Waals surface area contributed by atoms with Crippen molar-refractivity contribution in [3.05, 3.63) is 29.8 Å². The first-order valence-electron chi connectivity index (χ1n) is 4.10. The number of nitrogens with zero attached hydrogens (tertiary/aromatic N) is 1. The van der Waals surface area contributed by atoms with Crippen LogP contribution in [-0.4, -0.2) is 21.2 Å². The number of rotatable bonds is 4. The van der Waals surface area contributed by atoms with Crippen LogP contribution in [0.15, 0.2) is 34.2 Å². The van der Waals surface area contributed by atoms with E-state index in [1.54, 1.807) is 18.1 Å². The van der Waals surface area contributed by atoms with Crippen molar-refractivity contribution in [3.8, 4) is 0 Å². The Morgan fingerprint density at radius 1 is 1.40 bits per heavy atom. The largest absolute Gasteiger partial charge is 0.298 e. The molecular weight excluding hydrogens is 216 g/mol. The van der Waals surface area contributed by atoms with Gasteiger partial charge in [-0.25, -0.2) is 9.59 Å². The SMILES string of the molecule is Cc1ccc(S(=O)(=O)OCN=C=N)cc1. The van der Waals surface area contributed by atoms with Gasteiger partial charge < -0.3 is 0 Å². The lowest BCUT2D eigenvalue weighted by Crippen LogP contribution is -2.06. The van der Waals surface area contributed by atoms with E-state index in [2.05, 4.69) is 9.18 Å². The smallest absolute Gasteiger partial charge is 0.242 e. The highest BCUT2D eigenvalue weighted by Crippen LogP contribution is 2.12. The van der Waals surface area contributed by atoms with E-state index in [1.165, 1.54) is 12.1 Å². The second-order valence-corrected chi connectivity index (χ2v) is 4.40. The average molecular weight is 226 g/mol. The molecule has 0 spiro atoms. The number of aliphatic imine (C=N–C) groups is 1. The van der Waals surface area contributed by atoms with Crippen molar-refractivity contribution in [1.29, 1.82) is 5.41 Å². The fourth-order valence-electron chi connectivity index (χ4n) is 0.901. The van der Waals surface area contributed by atoms with Gasteiger partial charge in [0.25, 0.3) is 10.1 Å². The summed E-state index contributed by atoms with van der Waals surface area (Å²) < 4.78 is 27.4. The summed E-state index contributed by atoms with van der Waals surface area (Å²) in [7, 11) is -3.77. The summed E-state index contributed by atoms with van der Waals surface area (Å²) in [5.41, 5.74) is 0.964. The van der Waals surface area contributed by atoms with E-state index in [0.717, 1.165) is 5.56 Å². The first kappa shape index (κ1) is 11.6. The van der Waals surface area contributed by atoms with Crippen molar-refractivity contribution >= 4 is 16.1 Å². The molecule has 0 saturated heterocycles. The minimum Gasteiger partial charge on any atom is -0.242 e. The Balaban J connectivity index is 2.86. The van der Waals surface area contributed by atoms with Gasteiger partial charge >= 0.3 is 0 Å². The van der Waals surface area contributed by atoms with Gasteiger partial charge in [0.2, 0.25) is 0 Å². The highest BCUT2D eigenvalue weighted by atomic mass is 32.2. The average Bonchev–Trinajstić information content (AvgIpc) is 2.18. The Kier molecular flexibility index (Phi) is 3.74. The van der Waals surface area contributed by atoms with E-state index >= 15 is 0 Å². The van der Waals surface area contributed by atoms with E-state index in [-0.39, 0.29) is 4.90 Å². The molecule has 0 radical (unpaired) electrons. The summed E-state index contributed by atoms with van der Waals surface area (Å²) >= 11 is 0. The van der Waals surface area contributed by atoms with Gasteiger partial charge in [-0.2, -0.15) is 13.4 Å². The van der Waals surface area contributed by atoms with Gasteiger partial charge in [0, 0.05) is 0 Å². The summed E-state index contributed by atoms with van der Waals surface area (Å²) in [6, 6.07) is 7.95. The van der Waals surface area contributed by atoms with Crippen LogP contribution in [0.5, 0.6) is 0 Å². The zero-order valence-electron chi connectivity index (χ0n) is 8.10. The van der Waals surface area contributed by atoms with Gasteiger partial charge in [-0.05, 0) is 19.1 Å². The summed E-state index contributed by atoms with van der Waals surface area (Å²) in [5.74, 6) is 0. The summed E-state index contributed by atoms with van der Waals surface area (Å²) in [6.07, 6.45) is 0. The number of nitrogens with one attached hydrogen (secondary N) is 1. The molecule has 80 valence electrons. The van der Waals surface area contributed by atoms with Crippen molar-refractivity contribution in [1.82, 2.24) is 0 Å². The Morgan fingerprint density at radius 3 is 2.53 bits per heavy atom. The molecule has 0 bridgehead atoms. The van der Waals surface area contributed by atoms with Crippen LogP contribution in [0.25, 0.3) is 0 Å². The lowest BCUT2D eigenvalue weighted by molar-refractivity contribution is 0.331. The molecule has 0 aromatic heterocycles. The second-order valence-electron chi connectivity index (χ2n) is 2.78. The minimum atomic E-state index is -3.77. The van der Waals surface area contributed by atoms with E-state index in [9.17, 15) is 8.42 Å². The molecule has 0 saturated carbocycles. The van der Waals surface area contributed by atoms with Gasteiger partial charge in [0.15, 0.2) is 6.73 Å². The molecule has 1 rings (SSSR count). The van der Waals surface area contributed by atoms with E-state index in [1.807, 2.05) is 6.92 Å². The number of hydrogen-bond donors (Lipinski definition) is 1. The van der Waals surface area contributed by atoms with Crippen molar-refractivity contribution in [2.24, 2.45) is 4.99 Å². The zero-order chi connectivity index (χ0) is 11.3. The van der Waals surface area contributed by atoms with Gasteiger partial charge in [0.1, 0.15) is 0 Å². The van der Waals surface area contributed by atoms with Crippen LogP contribution in [0.4, 0.5) is 0 Å². The Labute approximate surface area is 88.1 Å². The fraction of sp³-hybridized carbons (Fsp3) is 0.222. The van der Waals surface area contributed by atoms with Crippen LogP contribution in [0.2, 0.25) is 0 Å². The highest BCUT2D eigenvalue weighted by Gasteiger charge is 2.13. The molecule has 0 fully saturated rings. The fourth-order valence-corrected chi connectivity index (χ4v) is 1.70. The first-order chi connectivity index (χ1) is 7.06. The van der Waals surface area contributed by atoms with Crippen LogP contribution in [0.1, 0.15) is 5.56 Å². The maximum absolute atomic E-state index is 11.4. The minimum absolute atomic E-state index is 0.0771. The summed E-state index contributed by atoms with van der Waals surface area (Å²) in [5, 5.41) is 6.45. The monoisotopic (exact) mass is 226 g/mol. The summed E-state index contributed by atoms with van der Waals surface area (Å²) in [6.45, 7) is 1.44. The van der Waals surface area contributed by atoms with E-state index < -0.39 is 16.8 Å². The molecule has 0 unspecified atom stereocenters. The lowest BCUT2D eigenvalue weighted by atomic mass is 10.2. The molecule has 6 heteroatoms. The van der Waals surface area contributed by atoms with Crippen molar-refractivity contribution < 1.29 is 12.6 Å². The molecule has 0 aliphatic rings. The number of benzene rings is 1. The molecule has 15 heavy (non-hydrogen) atoms. The predicted molar refractivity (Wildman–Crippen MR) is 54.5 cm³/mol. The standard InChI is InChI=1S/C9H10N2O3S/c1-8-2-4-9(5-3-8)15(12,13)14-7-11-6-10/h2-5,10H,7H2,1H3. The van der Waals surface area contributed by atoms with Crippen molar-refractivity contribution in [2.45, 2.75) is 11.8 Å². The first-order valence-corrected chi connectivity index (χ1v) is 5.51. The van der Waals surface area contributed by atoms with Crippen LogP contribution < -0.4 is 0 Å². The highest BCUT2D eigenvalue weighted by molar-refractivity contribution is 7.86. The maximum Gasteiger partial charge on any atom is 0.298 e. The molecule has 0 heterocycles.